The van der Waals surface area contributed by atoms with Crippen LogP contribution in [0.4, 0.5) is 0 Å². The third-order valence-electron chi connectivity index (χ3n) is 4.24. The zero-order valence-electron chi connectivity index (χ0n) is 10.2. The van der Waals surface area contributed by atoms with Gasteiger partial charge in [-0.15, -0.1) is 0 Å². The highest BCUT2D eigenvalue weighted by Gasteiger charge is 2.63. The van der Waals surface area contributed by atoms with Crippen molar-refractivity contribution in [3.05, 3.63) is 29.8 Å². The normalized spacial score (nSPS) is 24.3. The number of hydrogen-bond donors (Lipinski definition) is 1. The summed E-state index contributed by atoms with van der Waals surface area (Å²) in [6.45, 7) is 1.34. The van der Waals surface area contributed by atoms with Crippen LogP contribution in [0.1, 0.15) is 18.4 Å². The molecule has 2 fully saturated rings. The summed E-state index contributed by atoms with van der Waals surface area (Å²) in [5.74, 6) is 0.156. The summed E-state index contributed by atoms with van der Waals surface area (Å²) in [4.78, 5) is 0. The maximum atomic E-state index is 12.1. The summed E-state index contributed by atoms with van der Waals surface area (Å²) < 4.78 is 28.7. The molecule has 0 aromatic heterocycles. The quantitative estimate of drug-likeness (QED) is 0.881. The van der Waals surface area contributed by atoms with Gasteiger partial charge in [-0.2, -0.15) is 0 Å². The molecule has 0 unspecified atom stereocenters. The van der Waals surface area contributed by atoms with Crippen LogP contribution >= 0.6 is 0 Å². The lowest BCUT2D eigenvalue weighted by molar-refractivity contribution is -0.172. The van der Waals surface area contributed by atoms with Crippen LogP contribution in [0.2, 0.25) is 0 Å². The third kappa shape index (κ3) is 1.50. The van der Waals surface area contributed by atoms with Crippen LogP contribution in [-0.2, 0) is 19.3 Å². The Balaban J connectivity index is 2.00. The average molecular weight is 268 g/mol. The van der Waals surface area contributed by atoms with Gasteiger partial charge in [-0.3, -0.25) is 0 Å². The molecule has 1 saturated heterocycles. The van der Waals surface area contributed by atoms with Gasteiger partial charge >= 0.3 is 0 Å². The van der Waals surface area contributed by atoms with Gasteiger partial charge < -0.3 is 9.84 Å². The van der Waals surface area contributed by atoms with Gasteiger partial charge in [0.2, 0.25) is 0 Å². The van der Waals surface area contributed by atoms with Gasteiger partial charge in [-0.1, -0.05) is 12.1 Å². The Morgan fingerprint density at radius 2 is 1.72 bits per heavy atom. The van der Waals surface area contributed by atoms with Crippen molar-refractivity contribution in [1.82, 2.24) is 0 Å². The van der Waals surface area contributed by atoms with E-state index >= 15 is 0 Å². The van der Waals surface area contributed by atoms with Gasteiger partial charge in [0.15, 0.2) is 9.84 Å². The van der Waals surface area contributed by atoms with E-state index in [1.807, 2.05) is 0 Å². The van der Waals surface area contributed by atoms with Crippen molar-refractivity contribution in [2.45, 2.75) is 17.6 Å². The maximum Gasteiger partial charge on any atom is 0.157 e. The molecule has 1 spiro atoms. The average Bonchev–Trinajstić information content (AvgIpc) is 2.14. The summed E-state index contributed by atoms with van der Waals surface area (Å²) in [5, 5.41) is 9.31. The molecule has 98 valence electrons. The monoisotopic (exact) mass is 268 g/mol. The van der Waals surface area contributed by atoms with Gasteiger partial charge in [0.05, 0.1) is 18.0 Å². The molecule has 4 nitrogen and oxygen atoms in total. The van der Waals surface area contributed by atoms with E-state index in [4.69, 9.17) is 4.74 Å². The predicted octanol–water partition coefficient (Wildman–Crippen LogP) is 1.44. The second-order valence-corrected chi connectivity index (χ2v) is 7.99. The number of rotatable bonds is 2. The minimum atomic E-state index is -3.18. The van der Waals surface area contributed by atoms with Crippen LogP contribution in [0.15, 0.2) is 24.3 Å². The topological polar surface area (TPSA) is 63.6 Å². The fraction of sp³-hybridized carbons (Fsp3) is 0.538. The molecule has 2 aliphatic rings. The van der Waals surface area contributed by atoms with E-state index < -0.39 is 14.6 Å². The number of hydrogen-bond acceptors (Lipinski definition) is 4. The van der Waals surface area contributed by atoms with Crippen LogP contribution in [-0.4, -0.2) is 33.0 Å². The highest BCUT2D eigenvalue weighted by Crippen LogP contribution is 2.61. The molecule has 0 atom stereocenters. The first-order valence-corrected chi connectivity index (χ1v) is 7.83. The second kappa shape index (κ2) is 3.48. The number of ether oxygens (including phenoxy) is 1. The van der Waals surface area contributed by atoms with Crippen molar-refractivity contribution in [3.63, 3.8) is 0 Å². The van der Waals surface area contributed by atoms with Crippen LogP contribution in [0.5, 0.6) is 5.75 Å². The molecule has 3 rings (SSSR count). The van der Waals surface area contributed by atoms with Gasteiger partial charge in [0.25, 0.3) is 0 Å². The SMILES string of the molecule is CS(=O)(=O)C1(c2ccc(O)cc2)CC2(COC2)C1. The minimum Gasteiger partial charge on any atom is -0.508 e. The maximum absolute atomic E-state index is 12.1. The molecule has 1 aliphatic carbocycles. The molecule has 1 heterocycles. The smallest absolute Gasteiger partial charge is 0.157 e. The lowest BCUT2D eigenvalue weighted by atomic mass is 9.58. The molecule has 1 N–H and O–H groups in total. The predicted molar refractivity (Wildman–Crippen MR) is 67.1 cm³/mol. The van der Waals surface area contributed by atoms with E-state index in [9.17, 15) is 13.5 Å². The fourth-order valence-electron chi connectivity index (χ4n) is 3.20. The van der Waals surface area contributed by atoms with E-state index in [0.717, 1.165) is 5.56 Å². The lowest BCUT2D eigenvalue weighted by Crippen LogP contribution is -2.62. The largest absolute Gasteiger partial charge is 0.508 e. The molecule has 1 aromatic carbocycles. The van der Waals surface area contributed by atoms with E-state index in [0.29, 0.717) is 26.1 Å². The Morgan fingerprint density at radius 1 is 1.17 bits per heavy atom. The summed E-state index contributed by atoms with van der Waals surface area (Å²) in [7, 11) is -3.18. The lowest BCUT2D eigenvalue weighted by Gasteiger charge is -2.59. The van der Waals surface area contributed by atoms with Crippen molar-refractivity contribution in [3.8, 4) is 5.75 Å². The fourth-order valence-corrected chi connectivity index (χ4v) is 4.90. The number of sulfone groups is 1. The Labute approximate surface area is 107 Å². The van der Waals surface area contributed by atoms with Gasteiger partial charge in [-0.25, -0.2) is 8.42 Å². The number of aromatic hydroxyl groups is 1. The van der Waals surface area contributed by atoms with Crippen LogP contribution < -0.4 is 0 Å². The standard InChI is InChI=1S/C13H16O4S/c1-18(15,16)13(6-12(7-13)8-17-9-12)10-2-4-11(14)5-3-10/h2-5,14H,6-9H2,1H3. The molecule has 0 bridgehead atoms. The first-order chi connectivity index (χ1) is 8.37. The molecule has 0 radical (unpaired) electrons. The van der Waals surface area contributed by atoms with Gasteiger partial charge in [0.1, 0.15) is 5.75 Å². The summed E-state index contributed by atoms with van der Waals surface area (Å²) in [6.07, 6.45) is 2.56. The Hall–Kier alpha value is -1.07. The number of phenols is 1. The molecular formula is C13H16O4S. The van der Waals surface area contributed by atoms with Crippen molar-refractivity contribution in [2.24, 2.45) is 5.41 Å². The van der Waals surface area contributed by atoms with E-state index in [-0.39, 0.29) is 11.2 Å². The number of phenolic OH excluding ortho intramolecular Hbond substituents is 1. The molecule has 1 aliphatic heterocycles. The van der Waals surface area contributed by atoms with E-state index in [1.165, 1.54) is 6.26 Å². The molecule has 18 heavy (non-hydrogen) atoms. The highest BCUT2D eigenvalue weighted by atomic mass is 32.2. The third-order valence-corrected chi connectivity index (χ3v) is 6.18. The summed E-state index contributed by atoms with van der Waals surface area (Å²) in [6, 6.07) is 6.51. The second-order valence-electron chi connectivity index (χ2n) is 5.66. The van der Waals surface area contributed by atoms with Crippen LogP contribution in [0.3, 0.4) is 0 Å². The molecule has 1 aromatic rings. The van der Waals surface area contributed by atoms with Gasteiger partial charge in [0, 0.05) is 11.7 Å². The van der Waals surface area contributed by atoms with Crippen LogP contribution in [0.25, 0.3) is 0 Å². The first-order valence-electron chi connectivity index (χ1n) is 5.94. The molecule has 1 saturated carbocycles. The van der Waals surface area contributed by atoms with Crippen molar-refractivity contribution in [1.29, 1.82) is 0 Å². The highest BCUT2D eigenvalue weighted by molar-refractivity contribution is 7.91. The Kier molecular flexibility index (Phi) is 2.32. The molecule has 0 amide bonds. The number of benzene rings is 1. The summed E-state index contributed by atoms with van der Waals surface area (Å²) in [5.41, 5.74) is 0.848. The van der Waals surface area contributed by atoms with Crippen molar-refractivity contribution >= 4 is 9.84 Å². The van der Waals surface area contributed by atoms with Crippen LogP contribution in [0, 0.1) is 5.41 Å². The first kappa shape index (κ1) is 12.0. The molecular weight excluding hydrogens is 252 g/mol. The minimum absolute atomic E-state index is 0.0704. The van der Waals surface area contributed by atoms with Gasteiger partial charge in [-0.05, 0) is 30.5 Å². The van der Waals surface area contributed by atoms with Crippen molar-refractivity contribution < 1.29 is 18.3 Å². The zero-order chi connectivity index (χ0) is 13.0. The van der Waals surface area contributed by atoms with E-state index in [1.54, 1.807) is 24.3 Å². The zero-order valence-corrected chi connectivity index (χ0v) is 11.0. The molecule has 5 heteroatoms. The Morgan fingerprint density at radius 3 is 2.11 bits per heavy atom. The van der Waals surface area contributed by atoms with Crippen molar-refractivity contribution in [2.75, 3.05) is 19.5 Å². The summed E-state index contributed by atoms with van der Waals surface area (Å²) >= 11 is 0. The Bertz CT molecular complexity index is 562. The van der Waals surface area contributed by atoms with E-state index in [2.05, 4.69) is 0 Å².